The molecule has 2 rings (SSSR count). The van der Waals surface area contributed by atoms with Gasteiger partial charge >= 0.3 is 10.1 Å². The van der Waals surface area contributed by atoms with Crippen molar-refractivity contribution in [3.63, 3.8) is 0 Å². The monoisotopic (exact) mass is 350 g/mol. The van der Waals surface area contributed by atoms with Gasteiger partial charge in [0.2, 0.25) is 0 Å². The lowest BCUT2D eigenvalue weighted by Gasteiger charge is -2.20. The Hall–Kier alpha value is -1.78. The number of nitrogens with zero attached hydrogens (tertiary/aromatic N) is 2. The molecule has 23 heavy (non-hydrogen) atoms. The van der Waals surface area contributed by atoms with Crippen LogP contribution in [0.2, 0.25) is 0 Å². The fourth-order valence-corrected chi connectivity index (χ4v) is 3.94. The van der Waals surface area contributed by atoms with Crippen LogP contribution in [-0.2, 0) is 14.4 Å². The Balaban J connectivity index is 2.16. The van der Waals surface area contributed by atoms with Gasteiger partial charge in [0.15, 0.2) is 0 Å². The highest BCUT2D eigenvalue weighted by Crippen LogP contribution is 2.37. The van der Waals surface area contributed by atoms with Crippen LogP contribution in [0.25, 0.3) is 0 Å². The SMILES string of the molecule is CCCS(=O)(=O)ON=C1C=C/C(=C2\C=CC=CC2C(C)C#N)S1. The van der Waals surface area contributed by atoms with Gasteiger partial charge in [-0.1, -0.05) is 48.1 Å². The van der Waals surface area contributed by atoms with Crippen LogP contribution in [0.5, 0.6) is 0 Å². The largest absolute Gasteiger partial charge is 0.328 e. The maximum Gasteiger partial charge on any atom is 0.328 e. The third-order valence-corrected chi connectivity index (χ3v) is 5.60. The van der Waals surface area contributed by atoms with E-state index in [0.29, 0.717) is 11.5 Å². The van der Waals surface area contributed by atoms with Crippen LogP contribution in [0.3, 0.4) is 0 Å². The predicted molar refractivity (Wildman–Crippen MR) is 92.9 cm³/mol. The molecular weight excluding hydrogens is 332 g/mol. The van der Waals surface area contributed by atoms with Gasteiger partial charge < -0.3 is 0 Å². The van der Waals surface area contributed by atoms with Crippen molar-refractivity contribution in [3.05, 3.63) is 46.9 Å². The van der Waals surface area contributed by atoms with Crippen LogP contribution in [-0.4, -0.2) is 19.2 Å². The molecule has 0 aromatic heterocycles. The molecular formula is C16H18N2O3S2. The fourth-order valence-electron chi connectivity index (χ4n) is 2.23. The fraction of sp³-hybridized carbons (Fsp3) is 0.375. The minimum Gasteiger partial charge on any atom is -0.267 e. The first-order valence-electron chi connectivity index (χ1n) is 7.30. The minimum absolute atomic E-state index is 0.0150. The summed E-state index contributed by atoms with van der Waals surface area (Å²) in [6, 6.07) is 2.27. The van der Waals surface area contributed by atoms with Crippen molar-refractivity contribution in [3.8, 4) is 6.07 Å². The van der Waals surface area contributed by atoms with E-state index in [2.05, 4.69) is 15.5 Å². The molecule has 2 atom stereocenters. The smallest absolute Gasteiger partial charge is 0.267 e. The second-order valence-electron chi connectivity index (χ2n) is 5.21. The summed E-state index contributed by atoms with van der Waals surface area (Å²) in [7, 11) is -3.61. The Morgan fingerprint density at radius 2 is 2.17 bits per heavy atom. The quantitative estimate of drug-likeness (QED) is 0.709. The summed E-state index contributed by atoms with van der Waals surface area (Å²) in [4.78, 5) is 0.952. The molecule has 122 valence electrons. The first-order chi connectivity index (χ1) is 11.0. The number of hydrogen-bond acceptors (Lipinski definition) is 6. The van der Waals surface area contributed by atoms with Crippen molar-refractivity contribution >= 4 is 26.9 Å². The van der Waals surface area contributed by atoms with Gasteiger partial charge in [-0.15, -0.1) is 0 Å². The first kappa shape index (κ1) is 17.6. The van der Waals surface area contributed by atoms with Gasteiger partial charge in [-0.2, -0.15) is 13.7 Å². The molecule has 0 amide bonds. The number of nitriles is 1. The Morgan fingerprint density at radius 1 is 1.39 bits per heavy atom. The van der Waals surface area contributed by atoms with Crippen LogP contribution < -0.4 is 0 Å². The highest BCUT2D eigenvalue weighted by molar-refractivity contribution is 8.18. The highest BCUT2D eigenvalue weighted by atomic mass is 32.2. The number of thioether (sulfide) groups is 1. The van der Waals surface area contributed by atoms with E-state index in [0.717, 1.165) is 10.5 Å². The van der Waals surface area contributed by atoms with E-state index in [9.17, 15) is 8.42 Å². The van der Waals surface area contributed by atoms with Crippen molar-refractivity contribution in [2.24, 2.45) is 17.0 Å². The van der Waals surface area contributed by atoms with Gasteiger partial charge in [-0.05, 0) is 31.1 Å². The number of rotatable bonds is 5. The molecule has 0 N–H and O–H groups in total. The van der Waals surface area contributed by atoms with E-state index >= 15 is 0 Å². The van der Waals surface area contributed by atoms with E-state index in [1.807, 2.05) is 37.3 Å². The molecule has 0 fully saturated rings. The Labute approximate surface area is 141 Å². The van der Waals surface area contributed by atoms with Gasteiger partial charge in [0.25, 0.3) is 0 Å². The van der Waals surface area contributed by atoms with E-state index in [4.69, 9.17) is 5.26 Å². The van der Waals surface area contributed by atoms with Gasteiger partial charge in [-0.3, -0.25) is 4.28 Å². The van der Waals surface area contributed by atoms with Crippen molar-refractivity contribution in [1.29, 1.82) is 5.26 Å². The molecule has 1 aliphatic heterocycles. The van der Waals surface area contributed by atoms with Crippen LogP contribution in [0.4, 0.5) is 0 Å². The summed E-state index contributed by atoms with van der Waals surface area (Å²) < 4.78 is 27.7. The van der Waals surface area contributed by atoms with E-state index in [-0.39, 0.29) is 17.6 Å². The molecule has 7 heteroatoms. The standard InChI is InChI=1S/C16H18N2O3S2/c1-3-10-23(19,20)21-18-16-9-8-15(22-16)14-7-5-4-6-13(14)12(2)11-17/h4-9,12-13H,3,10H2,1-2H3/b15-14-,18-16?. The minimum atomic E-state index is -3.61. The maximum atomic E-state index is 11.5. The predicted octanol–water partition coefficient (Wildman–Crippen LogP) is 3.52. The number of hydrogen-bond donors (Lipinski definition) is 0. The van der Waals surface area contributed by atoms with Crippen LogP contribution in [0.15, 0.2) is 52.1 Å². The van der Waals surface area contributed by atoms with Crippen molar-refractivity contribution in [2.45, 2.75) is 20.3 Å². The molecule has 0 saturated carbocycles. The van der Waals surface area contributed by atoms with Crippen LogP contribution >= 0.6 is 11.8 Å². The highest BCUT2D eigenvalue weighted by Gasteiger charge is 2.24. The van der Waals surface area contributed by atoms with E-state index < -0.39 is 10.1 Å². The molecule has 2 unspecified atom stereocenters. The molecule has 0 aromatic carbocycles. The third-order valence-electron chi connectivity index (χ3n) is 3.38. The summed E-state index contributed by atoms with van der Waals surface area (Å²) in [5.41, 5.74) is 1.03. The zero-order chi connectivity index (χ0) is 16.9. The molecule has 1 heterocycles. The normalized spacial score (nSPS) is 26.5. The lowest BCUT2D eigenvalue weighted by atomic mass is 9.84. The summed E-state index contributed by atoms with van der Waals surface area (Å²) in [6.07, 6.45) is 11.9. The Morgan fingerprint density at radius 3 is 2.87 bits per heavy atom. The average Bonchev–Trinajstić information content (AvgIpc) is 3.01. The van der Waals surface area contributed by atoms with Crippen molar-refractivity contribution < 1.29 is 12.7 Å². The first-order valence-corrected chi connectivity index (χ1v) is 9.70. The van der Waals surface area contributed by atoms with Gasteiger partial charge in [0.1, 0.15) is 5.04 Å². The molecule has 5 nitrogen and oxygen atoms in total. The Bertz CT molecular complexity index is 753. The molecule has 2 aliphatic rings. The summed E-state index contributed by atoms with van der Waals surface area (Å²) in [5.74, 6) is -0.183. The second kappa shape index (κ2) is 7.66. The maximum absolute atomic E-state index is 11.5. The lowest BCUT2D eigenvalue weighted by Crippen LogP contribution is -2.12. The van der Waals surface area contributed by atoms with Gasteiger partial charge in [0.05, 0.1) is 17.7 Å². The molecule has 0 saturated heterocycles. The average molecular weight is 350 g/mol. The van der Waals surface area contributed by atoms with Gasteiger partial charge in [0, 0.05) is 10.8 Å². The van der Waals surface area contributed by atoms with Crippen molar-refractivity contribution in [1.82, 2.24) is 0 Å². The zero-order valence-corrected chi connectivity index (χ0v) is 14.6. The molecule has 0 spiro atoms. The summed E-state index contributed by atoms with van der Waals surface area (Å²) in [6.45, 7) is 3.65. The lowest BCUT2D eigenvalue weighted by molar-refractivity contribution is 0.340. The van der Waals surface area contributed by atoms with E-state index in [1.54, 1.807) is 13.0 Å². The van der Waals surface area contributed by atoms with Crippen LogP contribution in [0.1, 0.15) is 20.3 Å². The van der Waals surface area contributed by atoms with E-state index in [1.165, 1.54) is 11.8 Å². The molecule has 0 radical (unpaired) electrons. The molecule has 1 aliphatic carbocycles. The summed E-state index contributed by atoms with van der Waals surface area (Å²) >= 11 is 1.34. The van der Waals surface area contributed by atoms with Crippen molar-refractivity contribution in [2.75, 3.05) is 5.75 Å². The second-order valence-corrected chi connectivity index (χ2v) is 7.94. The number of allylic oxidation sites excluding steroid dienone is 6. The topological polar surface area (TPSA) is 79.5 Å². The Kier molecular flexibility index (Phi) is 5.85. The third kappa shape index (κ3) is 4.60. The zero-order valence-electron chi connectivity index (χ0n) is 13.0. The summed E-state index contributed by atoms with van der Waals surface area (Å²) in [5, 5.41) is 13.4. The van der Waals surface area contributed by atoms with Gasteiger partial charge in [-0.25, -0.2) is 0 Å². The molecule has 0 bridgehead atoms. The molecule has 0 aromatic rings. The van der Waals surface area contributed by atoms with Crippen LogP contribution in [0, 0.1) is 23.2 Å². The number of oxime groups is 1.